The summed E-state index contributed by atoms with van der Waals surface area (Å²) in [6.07, 6.45) is 0. The maximum atomic E-state index is 5.89. The topological polar surface area (TPSA) is 44.5 Å². The average molecular weight is 246 g/mol. The molecular formula is C12H20ClNO2. The van der Waals surface area contributed by atoms with Gasteiger partial charge in [-0.2, -0.15) is 0 Å². The molecule has 0 fully saturated rings. The van der Waals surface area contributed by atoms with E-state index in [0.717, 1.165) is 17.1 Å². The zero-order chi connectivity index (χ0) is 11.4. The molecule has 0 aliphatic carbocycles. The van der Waals surface area contributed by atoms with Crippen LogP contribution >= 0.6 is 12.4 Å². The number of hydrogen-bond donors (Lipinski definition) is 1. The molecule has 2 unspecified atom stereocenters. The number of methoxy groups -OCH3 is 2. The van der Waals surface area contributed by atoms with Gasteiger partial charge in [0, 0.05) is 11.6 Å². The molecule has 0 bridgehead atoms. The van der Waals surface area contributed by atoms with Crippen molar-refractivity contribution in [2.75, 3.05) is 14.2 Å². The minimum atomic E-state index is 0. The van der Waals surface area contributed by atoms with Crippen molar-refractivity contribution in [2.45, 2.75) is 25.8 Å². The van der Waals surface area contributed by atoms with Gasteiger partial charge in [0.05, 0.1) is 14.2 Å². The average Bonchev–Trinajstić information content (AvgIpc) is 2.27. The van der Waals surface area contributed by atoms with Crippen LogP contribution in [0.1, 0.15) is 25.3 Å². The SMILES string of the molecule is COc1ccc(OC)c(C(C)C(C)N)c1.Cl. The molecule has 0 saturated heterocycles. The van der Waals surface area contributed by atoms with Gasteiger partial charge in [-0.15, -0.1) is 12.4 Å². The summed E-state index contributed by atoms with van der Waals surface area (Å²) < 4.78 is 10.5. The number of benzene rings is 1. The van der Waals surface area contributed by atoms with E-state index in [0.29, 0.717) is 0 Å². The summed E-state index contributed by atoms with van der Waals surface area (Å²) in [5.74, 6) is 1.94. The van der Waals surface area contributed by atoms with Crippen LogP contribution in [0.4, 0.5) is 0 Å². The number of halogens is 1. The van der Waals surface area contributed by atoms with E-state index >= 15 is 0 Å². The fraction of sp³-hybridized carbons (Fsp3) is 0.500. The molecule has 0 heterocycles. The van der Waals surface area contributed by atoms with Gasteiger partial charge in [0.15, 0.2) is 0 Å². The van der Waals surface area contributed by atoms with Crippen LogP contribution in [0.2, 0.25) is 0 Å². The molecule has 92 valence electrons. The van der Waals surface area contributed by atoms with Crippen molar-refractivity contribution in [3.8, 4) is 11.5 Å². The van der Waals surface area contributed by atoms with Gasteiger partial charge in [-0.25, -0.2) is 0 Å². The second-order valence-corrected chi connectivity index (χ2v) is 3.76. The van der Waals surface area contributed by atoms with Crippen molar-refractivity contribution in [1.29, 1.82) is 0 Å². The molecule has 0 aliphatic heterocycles. The van der Waals surface area contributed by atoms with E-state index in [9.17, 15) is 0 Å². The Morgan fingerprint density at radius 1 is 1.12 bits per heavy atom. The quantitative estimate of drug-likeness (QED) is 0.887. The van der Waals surface area contributed by atoms with Crippen molar-refractivity contribution in [3.63, 3.8) is 0 Å². The molecule has 4 heteroatoms. The molecule has 0 saturated carbocycles. The summed E-state index contributed by atoms with van der Waals surface area (Å²) in [5, 5.41) is 0. The smallest absolute Gasteiger partial charge is 0.122 e. The molecule has 1 rings (SSSR count). The third kappa shape index (κ3) is 3.29. The molecule has 2 atom stereocenters. The van der Waals surface area contributed by atoms with Crippen LogP contribution in [0.25, 0.3) is 0 Å². The Kier molecular flexibility index (Phi) is 6.22. The number of ether oxygens (including phenoxy) is 2. The lowest BCUT2D eigenvalue weighted by atomic mass is 9.94. The predicted molar refractivity (Wildman–Crippen MR) is 68.9 cm³/mol. The highest BCUT2D eigenvalue weighted by Gasteiger charge is 2.15. The van der Waals surface area contributed by atoms with Crippen molar-refractivity contribution in [3.05, 3.63) is 23.8 Å². The molecule has 0 spiro atoms. The molecule has 0 aromatic heterocycles. The van der Waals surface area contributed by atoms with Gasteiger partial charge in [-0.1, -0.05) is 6.92 Å². The second-order valence-electron chi connectivity index (χ2n) is 3.76. The molecule has 2 N–H and O–H groups in total. The fourth-order valence-corrected chi connectivity index (χ4v) is 1.48. The van der Waals surface area contributed by atoms with Crippen molar-refractivity contribution >= 4 is 12.4 Å². The van der Waals surface area contributed by atoms with E-state index in [1.165, 1.54) is 0 Å². The molecular weight excluding hydrogens is 226 g/mol. The van der Waals surface area contributed by atoms with Gasteiger partial charge in [0.25, 0.3) is 0 Å². The molecule has 1 aromatic carbocycles. The minimum Gasteiger partial charge on any atom is -0.497 e. The maximum absolute atomic E-state index is 5.89. The summed E-state index contributed by atoms with van der Waals surface area (Å²) in [7, 11) is 3.32. The van der Waals surface area contributed by atoms with E-state index in [1.54, 1.807) is 14.2 Å². The second kappa shape index (κ2) is 6.61. The van der Waals surface area contributed by atoms with Crippen LogP contribution in [0.15, 0.2) is 18.2 Å². The third-order valence-corrected chi connectivity index (χ3v) is 2.72. The molecule has 0 amide bonds. The van der Waals surface area contributed by atoms with Crippen LogP contribution in [-0.2, 0) is 0 Å². The summed E-state index contributed by atoms with van der Waals surface area (Å²) in [5.41, 5.74) is 6.98. The highest BCUT2D eigenvalue weighted by atomic mass is 35.5. The zero-order valence-corrected chi connectivity index (χ0v) is 11.0. The summed E-state index contributed by atoms with van der Waals surface area (Å²) in [6.45, 7) is 4.07. The van der Waals surface area contributed by atoms with Crippen molar-refractivity contribution in [1.82, 2.24) is 0 Å². The highest BCUT2D eigenvalue weighted by Crippen LogP contribution is 2.31. The first-order valence-corrected chi connectivity index (χ1v) is 5.07. The minimum absolute atomic E-state index is 0. The first-order valence-electron chi connectivity index (χ1n) is 5.07. The number of nitrogens with two attached hydrogens (primary N) is 1. The zero-order valence-electron chi connectivity index (χ0n) is 10.2. The van der Waals surface area contributed by atoms with Crippen LogP contribution in [0.3, 0.4) is 0 Å². The van der Waals surface area contributed by atoms with Crippen LogP contribution < -0.4 is 15.2 Å². The van der Waals surface area contributed by atoms with Gasteiger partial charge in [-0.3, -0.25) is 0 Å². The van der Waals surface area contributed by atoms with E-state index < -0.39 is 0 Å². The van der Waals surface area contributed by atoms with E-state index in [2.05, 4.69) is 6.92 Å². The first-order chi connectivity index (χ1) is 7.10. The molecule has 16 heavy (non-hydrogen) atoms. The van der Waals surface area contributed by atoms with E-state index in [4.69, 9.17) is 15.2 Å². The van der Waals surface area contributed by atoms with Gasteiger partial charge in [-0.05, 0) is 31.0 Å². The molecule has 0 radical (unpaired) electrons. The van der Waals surface area contributed by atoms with E-state index in [1.807, 2.05) is 25.1 Å². The Bertz CT molecular complexity index is 329. The summed E-state index contributed by atoms with van der Waals surface area (Å²) in [6, 6.07) is 5.86. The Morgan fingerprint density at radius 3 is 2.19 bits per heavy atom. The third-order valence-electron chi connectivity index (χ3n) is 2.72. The van der Waals surface area contributed by atoms with Crippen LogP contribution in [0, 0.1) is 0 Å². The van der Waals surface area contributed by atoms with Gasteiger partial charge < -0.3 is 15.2 Å². The van der Waals surface area contributed by atoms with E-state index in [-0.39, 0.29) is 24.4 Å². The Labute approximate surface area is 103 Å². The maximum Gasteiger partial charge on any atom is 0.122 e. The van der Waals surface area contributed by atoms with Crippen LogP contribution in [0.5, 0.6) is 11.5 Å². The Morgan fingerprint density at radius 2 is 1.75 bits per heavy atom. The van der Waals surface area contributed by atoms with Gasteiger partial charge in [0.1, 0.15) is 11.5 Å². The summed E-state index contributed by atoms with van der Waals surface area (Å²) >= 11 is 0. The number of hydrogen-bond acceptors (Lipinski definition) is 3. The predicted octanol–water partition coefficient (Wildman–Crippen LogP) is 2.58. The molecule has 0 aliphatic rings. The molecule has 1 aromatic rings. The van der Waals surface area contributed by atoms with Crippen LogP contribution in [-0.4, -0.2) is 20.3 Å². The highest BCUT2D eigenvalue weighted by molar-refractivity contribution is 5.85. The lowest BCUT2D eigenvalue weighted by molar-refractivity contribution is 0.393. The normalized spacial score (nSPS) is 13.6. The van der Waals surface area contributed by atoms with Gasteiger partial charge in [0.2, 0.25) is 0 Å². The largest absolute Gasteiger partial charge is 0.497 e. The van der Waals surface area contributed by atoms with Crippen molar-refractivity contribution in [2.24, 2.45) is 5.73 Å². The standard InChI is InChI=1S/C12H19NO2.ClH/c1-8(9(2)13)11-7-10(14-3)5-6-12(11)15-4;/h5-9H,13H2,1-4H3;1H. The first kappa shape index (κ1) is 15.1. The number of rotatable bonds is 4. The lowest BCUT2D eigenvalue weighted by Crippen LogP contribution is -2.22. The Hall–Kier alpha value is -0.930. The monoisotopic (exact) mass is 245 g/mol. The lowest BCUT2D eigenvalue weighted by Gasteiger charge is -2.19. The fourth-order valence-electron chi connectivity index (χ4n) is 1.48. The summed E-state index contributed by atoms with van der Waals surface area (Å²) in [4.78, 5) is 0. The Balaban J connectivity index is 0.00000225. The molecule has 3 nitrogen and oxygen atoms in total. The van der Waals surface area contributed by atoms with Crippen molar-refractivity contribution < 1.29 is 9.47 Å². The van der Waals surface area contributed by atoms with Gasteiger partial charge >= 0.3 is 0 Å².